The van der Waals surface area contributed by atoms with Gasteiger partial charge in [-0.3, -0.25) is 4.79 Å². The highest BCUT2D eigenvalue weighted by Crippen LogP contribution is 2.22. The number of benzene rings is 2. The number of aromatic carboxylic acids is 1. The number of nitrogens with zero attached hydrogens (tertiary/aromatic N) is 2. The first-order chi connectivity index (χ1) is 12.4. The van der Waals surface area contributed by atoms with Crippen LogP contribution in [0.3, 0.4) is 0 Å². The maximum atomic E-state index is 12.1. The molecule has 4 N–H and O–H groups in total. The summed E-state index contributed by atoms with van der Waals surface area (Å²) in [6.07, 6.45) is 0. The molecule has 134 valence electrons. The maximum absolute atomic E-state index is 12.1. The van der Waals surface area contributed by atoms with Gasteiger partial charge in [0, 0.05) is 6.54 Å². The first-order valence-electron chi connectivity index (χ1n) is 8.33. The molecular weight excluding hydrogens is 332 g/mol. The van der Waals surface area contributed by atoms with Crippen molar-refractivity contribution in [3.05, 3.63) is 47.5 Å². The number of para-hydroxylation sites is 2. The number of aromatic nitrogens is 2. The Balaban J connectivity index is 2.00. The Labute approximate surface area is 150 Å². The minimum atomic E-state index is -1.05. The third-order valence-electron chi connectivity index (χ3n) is 4.28. The summed E-state index contributed by atoms with van der Waals surface area (Å²) in [7, 11) is 0. The monoisotopic (exact) mass is 352 g/mol. The second-order valence-electron chi connectivity index (χ2n) is 6.47. The van der Waals surface area contributed by atoms with Gasteiger partial charge in [-0.2, -0.15) is 0 Å². The van der Waals surface area contributed by atoms with Crippen molar-refractivity contribution >= 4 is 33.9 Å². The second-order valence-corrected chi connectivity index (χ2v) is 6.47. The minimum Gasteiger partial charge on any atom is -0.478 e. The number of nitrogens with two attached hydrogens (primary N) is 1. The first kappa shape index (κ1) is 17.8. The number of carbonyl (C=O) groups is 2. The van der Waals surface area contributed by atoms with Gasteiger partial charge in [0.2, 0.25) is 5.91 Å². The molecular formula is C19H20N4O3. The van der Waals surface area contributed by atoms with Gasteiger partial charge in [0.25, 0.3) is 0 Å². The van der Waals surface area contributed by atoms with E-state index in [0.29, 0.717) is 22.1 Å². The summed E-state index contributed by atoms with van der Waals surface area (Å²) >= 11 is 0. The van der Waals surface area contributed by atoms with Crippen molar-refractivity contribution < 1.29 is 14.7 Å². The lowest BCUT2D eigenvalue weighted by Gasteiger charge is -2.15. The van der Waals surface area contributed by atoms with E-state index in [1.165, 1.54) is 6.07 Å². The van der Waals surface area contributed by atoms with E-state index in [-0.39, 0.29) is 23.9 Å². The minimum absolute atomic E-state index is 0.0423. The highest BCUT2D eigenvalue weighted by Gasteiger charge is 2.17. The van der Waals surface area contributed by atoms with E-state index in [4.69, 9.17) is 5.73 Å². The van der Waals surface area contributed by atoms with E-state index in [1.807, 2.05) is 19.9 Å². The molecule has 1 heterocycles. The van der Waals surface area contributed by atoms with Crippen LogP contribution in [0.5, 0.6) is 0 Å². The molecule has 1 atom stereocenters. The van der Waals surface area contributed by atoms with Crippen molar-refractivity contribution in [2.45, 2.75) is 26.4 Å². The zero-order chi connectivity index (χ0) is 18.8. The van der Waals surface area contributed by atoms with Crippen molar-refractivity contribution in [3.8, 4) is 0 Å². The van der Waals surface area contributed by atoms with Gasteiger partial charge < -0.3 is 16.2 Å². The summed E-state index contributed by atoms with van der Waals surface area (Å²) in [4.78, 5) is 32.5. The standard InChI is InChI=1S/C19H20N4O3/c1-10(2)15(20)18(24)21-9-11-5-3-7-13-16(11)22-14-8-4-6-12(19(25)26)17(14)23-13/h3-8,10,15H,9,20H2,1-2H3,(H,21,24)(H,25,26)/t15-/m0/s1. The highest BCUT2D eigenvalue weighted by molar-refractivity contribution is 6.02. The predicted octanol–water partition coefficient (Wildman–Crippen LogP) is 2.08. The van der Waals surface area contributed by atoms with E-state index in [9.17, 15) is 14.7 Å². The fourth-order valence-corrected chi connectivity index (χ4v) is 2.70. The Bertz CT molecular complexity index is 1000. The first-order valence-corrected chi connectivity index (χ1v) is 8.33. The van der Waals surface area contributed by atoms with Gasteiger partial charge in [0.05, 0.1) is 28.2 Å². The molecule has 3 rings (SSSR count). The summed E-state index contributed by atoms with van der Waals surface area (Å²) in [5.74, 6) is -1.23. The van der Waals surface area contributed by atoms with Crippen LogP contribution in [-0.4, -0.2) is 33.0 Å². The molecule has 1 aromatic heterocycles. The normalized spacial score (nSPS) is 12.5. The molecule has 0 aliphatic heterocycles. The molecule has 0 spiro atoms. The lowest BCUT2D eigenvalue weighted by Crippen LogP contribution is -2.43. The summed E-state index contributed by atoms with van der Waals surface area (Å²) < 4.78 is 0. The molecule has 0 unspecified atom stereocenters. The molecule has 0 radical (unpaired) electrons. The second kappa shape index (κ2) is 7.05. The number of carboxylic acid groups (broad SMARTS) is 1. The number of nitrogens with one attached hydrogen (secondary N) is 1. The Hall–Kier alpha value is -3.06. The zero-order valence-electron chi connectivity index (χ0n) is 14.6. The Morgan fingerprint density at radius 2 is 1.69 bits per heavy atom. The van der Waals surface area contributed by atoms with Crippen LogP contribution in [0.2, 0.25) is 0 Å². The van der Waals surface area contributed by atoms with Crippen molar-refractivity contribution in [1.29, 1.82) is 0 Å². The number of carbonyl (C=O) groups excluding carboxylic acids is 1. The predicted molar refractivity (Wildman–Crippen MR) is 98.7 cm³/mol. The van der Waals surface area contributed by atoms with Gasteiger partial charge in [-0.25, -0.2) is 14.8 Å². The van der Waals surface area contributed by atoms with E-state index in [0.717, 1.165) is 5.56 Å². The molecule has 0 fully saturated rings. The lowest BCUT2D eigenvalue weighted by molar-refractivity contribution is -0.123. The molecule has 7 heteroatoms. The van der Waals surface area contributed by atoms with Crippen LogP contribution in [0.15, 0.2) is 36.4 Å². The average Bonchev–Trinajstić information content (AvgIpc) is 2.62. The smallest absolute Gasteiger partial charge is 0.337 e. The molecule has 7 nitrogen and oxygen atoms in total. The number of carboxylic acids is 1. The van der Waals surface area contributed by atoms with Crippen molar-refractivity contribution in [2.75, 3.05) is 0 Å². The Morgan fingerprint density at radius 1 is 1.08 bits per heavy atom. The van der Waals surface area contributed by atoms with Gasteiger partial charge in [-0.1, -0.05) is 32.0 Å². The van der Waals surface area contributed by atoms with Gasteiger partial charge >= 0.3 is 5.97 Å². The van der Waals surface area contributed by atoms with Gasteiger partial charge in [0.1, 0.15) is 5.52 Å². The van der Waals surface area contributed by atoms with Gasteiger partial charge in [-0.15, -0.1) is 0 Å². The van der Waals surface area contributed by atoms with Gasteiger partial charge in [0.15, 0.2) is 0 Å². The van der Waals surface area contributed by atoms with E-state index in [2.05, 4.69) is 15.3 Å². The fraction of sp³-hybridized carbons (Fsp3) is 0.263. The topological polar surface area (TPSA) is 118 Å². The number of fused-ring (bicyclic) bond motifs is 2. The summed E-state index contributed by atoms with van der Waals surface area (Å²) in [6, 6.07) is 9.71. The van der Waals surface area contributed by atoms with Crippen LogP contribution >= 0.6 is 0 Å². The van der Waals surface area contributed by atoms with Crippen LogP contribution in [0.25, 0.3) is 22.1 Å². The van der Waals surface area contributed by atoms with E-state index in [1.54, 1.807) is 24.3 Å². The molecule has 0 saturated carbocycles. The van der Waals surface area contributed by atoms with Crippen LogP contribution in [0.4, 0.5) is 0 Å². The van der Waals surface area contributed by atoms with Gasteiger partial charge in [-0.05, 0) is 29.7 Å². The molecule has 0 aliphatic rings. The average molecular weight is 352 g/mol. The SMILES string of the molecule is CC(C)[C@H](N)C(=O)NCc1cccc2nc3c(C(=O)O)cccc3nc12. The molecule has 0 aliphatic carbocycles. The number of rotatable bonds is 5. The largest absolute Gasteiger partial charge is 0.478 e. The van der Waals surface area contributed by atoms with Crippen molar-refractivity contribution in [2.24, 2.45) is 11.7 Å². The number of hydrogen-bond donors (Lipinski definition) is 3. The quantitative estimate of drug-likeness (QED) is 0.605. The molecule has 0 bridgehead atoms. The zero-order valence-corrected chi connectivity index (χ0v) is 14.6. The van der Waals surface area contributed by atoms with Crippen LogP contribution < -0.4 is 11.1 Å². The maximum Gasteiger partial charge on any atom is 0.337 e. The van der Waals surface area contributed by atoms with E-state index >= 15 is 0 Å². The van der Waals surface area contributed by atoms with Crippen molar-refractivity contribution in [3.63, 3.8) is 0 Å². The van der Waals surface area contributed by atoms with E-state index < -0.39 is 12.0 Å². The van der Waals surface area contributed by atoms with Crippen LogP contribution in [0.1, 0.15) is 29.8 Å². The molecule has 3 aromatic rings. The number of hydrogen-bond acceptors (Lipinski definition) is 5. The summed E-state index contributed by atoms with van der Waals surface area (Å²) in [5, 5.41) is 12.1. The van der Waals surface area contributed by atoms with Crippen LogP contribution in [-0.2, 0) is 11.3 Å². The lowest BCUT2D eigenvalue weighted by atomic mass is 10.0. The summed E-state index contributed by atoms with van der Waals surface area (Å²) in [5.41, 5.74) is 8.80. The molecule has 26 heavy (non-hydrogen) atoms. The van der Waals surface area contributed by atoms with Crippen molar-refractivity contribution in [1.82, 2.24) is 15.3 Å². The molecule has 0 saturated heterocycles. The Morgan fingerprint density at radius 3 is 2.35 bits per heavy atom. The third-order valence-corrected chi connectivity index (χ3v) is 4.28. The number of amides is 1. The Kier molecular flexibility index (Phi) is 4.81. The highest BCUT2D eigenvalue weighted by atomic mass is 16.4. The summed E-state index contributed by atoms with van der Waals surface area (Å²) in [6.45, 7) is 4.05. The molecule has 2 aromatic carbocycles. The fourth-order valence-electron chi connectivity index (χ4n) is 2.70. The third kappa shape index (κ3) is 3.34. The molecule has 1 amide bonds. The van der Waals surface area contributed by atoms with Crippen LogP contribution in [0, 0.1) is 5.92 Å².